The van der Waals surface area contributed by atoms with Crippen LogP contribution in [-0.2, 0) is 9.53 Å². The highest BCUT2D eigenvalue weighted by Gasteiger charge is 2.13. The molecule has 0 bridgehead atoms. The third kappa shape index (κ3) is 3.54. The average Bonchev–Trinajstić information content (AvgIpc) is 2.61. The molecule has 0 saturated carbocycles. The van der Waals surface area contributed by atoms with Crippen LogP contribution in [0.25, 0.3) is 16.3 Å². The molecular formula is C22H20O2. The molecule has 24 heavy (non-hydrogen) atoms. The Kier molecular flexibility index (Phi) is 4.76. The number of fused-ring (bicyclic) bond motifs is 1. The molecule has 0 aromatic heterocycles. The zero-order chi connectivity index (χ0) is 16.9. The molecule has 0 unspecified atom stereocenters. The van der Waals surface area contributed by atoms with Gasteiger partial charge in [-0.3, -0.25) is 0 Å². The summed E-state index contributed by atoms with van der Waals surface area (Å²) in [4.78, 5) is 12.2. The molecular weight excluding hydrogens is 296 g/mol. The normalized spacial score (nSPS) is 12.8. The molecule has 1 atom stereocenters. The van der Waals surface area contributed by atoms with E-state index in [2.05, 4.69) is 18.2 Å². The Bertz CT molecular complexity index is 873. The number of esters is 1. The monoisotopic (exact) mass is 316 g/mol. The minimum Gasteiger partial charge on any atom is -0.455 e. The van der Waals surface area contributed by atoms with Gasteiger partial charge in [-0.05, 0) is 41.3 Å². The van der Waals surface area contributed by atoms with Crippen LogP contribution < -0.4 is 0 Å². The first-order valence-electron chi connectivity index (χ1n) is 8.07. The van der Waals surface area contributed by atoms with Gasteiger partial charge in [0.15, 0.2) is 0 Å². The predicted molar refractivity (Wildman–Crippen MR) is 98.5 cm³/mol. The largest absolute Gasteiger partial charge is 0.455 e. The Labute approximate surface area is 142 Å². The maximum atomic E-state index is 12.2. The maximum absolute atomic E-state index is 12.2. The van der Waals surface area contributed by atoms with Gasteiger partial charge in [-0.15, -0.1) is 0 Å². The third-order valence-corrected chi connectivity index (χ3v) is 4.12. The minimum absolute atomic E-state index is 0.302. The first-order chi connectivity index (χ1) is 11.6. The molecule has 0 heterocycles. The van der Waals surface area contributed by atoms with Gasteiger partial charge < -0.3 is 4.74 Å². The van der Waals surface area contributed by atoms with Crippen molar-refractivity contribution in [2.75, 3.05) is 0 Å². The van der Waals surface area contributed by atoms with E-state index in [1.165, 1.54) is 0 Å². The summed E-state index contributed by atoms with van der Waals surface area (Å²) in [7, 11) is 0. The fourth-order valence-corrected chi connectivity index (χ4v) is 2.84. The van der Waals surface area contributed by atoms with Crippen molar-refractivity contribution in [2.45, 2.75) is 20.0 Å². The lowest BCUT2D eigenvalue weighted by atomic mass is 10.0. The molecule has 3 rings (SSSR count). The highest BCUT2D eigenvalue weighted by Crippen LogP contribution is 2.26. The van der Waals surface area contributed by atoms with Crippen LogP contribution in [0.15, 0.2) is 78.9 Å². The molecule has 0 amide bonds. The first-order valence-corrected chi connectivity index (χ1v) is 8.07. The number of rotatable bonds is 4. The van der Waals surface area contributed by atoms with Crippen molar-refractivity contribution in [1.29, 1.82) is 0 Å². The molecule has 2 heteroatoms. The van der Waals surface area contributed by atoms with Crippen LogP contribution in [0.5, 0.6) is 0 Å². The van der Waals surface area contributed by atoms with Gasteiger partial charge in [0.05, 0.1) is 0 Å². The molecule has 2 nitrogen and oxygen atoms in total. The molecule has 3 aromatic rings. The summed E-state index contributed by atoms with van der Waals surface area (Å²) in [6.07, 6.45) is 1.25. The topological polar surface area (TPSA) is 26.3 Å². The Morgan fingerprint density at radius 3 is 2.38 bits per heavy atom. The SMILES string of the molecule is C/C(=C\C(=O)O[C@@H](C)c1cccc2ccccc12)c1ccccc1. The number of benzene rings is 3. The van der Waals surface area contributed by atoms with Gasteiger partial charge in [-0.25, -0.2) is 4.79 Å². The second-order valence-electron chi connectivity index (χ2n) is 5.84. The lowest BCUT2D eigenvalue weighted by Gasteiger charge is -2.15. The summed E-state index contributed by atoms with van der Waals surface area (Å²) >= 11 is 0. The molecule has 0 fully saturated rings. The van der Waals surface area contributed by atoms with Crippen LogP contribution in [-0.4, -0.2) is 5.97 Å². The van der Waals surface area contributed by atoms with E-state index in [0.29, 0.717) is 0 Å². The molecule has 0 aliphatic rings. The van der Waals surface area contributed by atoms with Crippen molar-refractivity contribution in [3.05, 3.63) is 90.0 Å². The van der Waals surface area contributed by atoms with E-state index in [1.807, 2.05) is 68.4 Å². The summed E-state index contributed by atoms with van der Waals surface area (Å²) < 4.78 is 5.62. The number of hydrogen-bond acceptors (Lipinski definition) is 2. The van der Waals surface area contributed by atoms with E-state index in [4.69, 9.17) is 4.74 Å². The van der Waals surface area contributed by atoms with E-state index in [1.54, 1.807) is 6.08 Å². The van der Waals surface area contributed by atoms with Gasteiger partial charge in [-0.1, -0.05) is 72.8 Å². The standard InChI is InChI=1S/C22H20O2/c1-16(18-9-4-3-5-10-18)15-22(23)24-17(2)20-14-8-12-19-11-6-7-13-21(19)20/h3-15,17H,1-2H3/b16-15+/t17-/m0/s1. The minimum atomic E-state index is -0.322. The van der Waals surface area contributed by atoms with Crippen molar-refractivity contribution in [2.24, 2.45) is 0 Å². The van der Waals surface area contributed by atoms with Crippen LogP contribution in [0.2, 0.25) is 0 Å². The molecule has 0 spiro atoms. The van der Waals surface area contributed by atoms with Crippen molar-refractivity contribution >= 4 is 22.3 Å². The molecule has 0 aliphatic carbocycles. The number of allylic oxidation sites excluding steroid dienone is 1. The lowest BCUT2D eigenvalue weighted by Crippen LogP contribution is -2.07. The molecule has 3 aromatic carbocycles. The van der Waals surface area contributed by atoms with Gasteiger partial charge >= 0.3 is 5.97 Å². The van der Waals surface area contributed by atoms with E-state index in [0.717, 1.165) is 27.5 Å². The fraction of sp³-hybridized carbons (Fsp3) is 0.136. The summed E-state index contributed by atoms with van der Waals surface area (Å²) in [6.45, 7) is 3.82. The van der Waals surface area contributed by atoms with Gasteiger partial charge in [0.25, 0.3) is 0 Å². The zero-order valence-electron chi connectivity index (χ0n) is 13.9. The molecule has 0 saturated heterocycles. The lowest BCUT2D eigenvalue weighted by molar-refractivity contribution is -0.142. The number of carbonyl (C=O) groups excluding carboxylic acids is 1. The highest BCUT2D eigenvalue weighted by molar-refractivity contribution is 5.91. The Hall–Kier alpha value is -2.87. The molecule has 0 aliphatic heterocycles. The number of carbonyl (C=O) groups is 1. The molecule has 120 valence electrons. The van der Waals surface area contributed by atoms with Crippen LogP contribution in [0.4, 0.5) is 0 Å². The van der Waals surface area contributed by atoms with Gasteiger partial charge in [0.2, 0.25) is 0 Å². The Morgan fingerprint density at radius 1 is 0.917 bits per heavy atom. The van der Waals surface area contributed by atoms with E-state index < -0.39 is 0 Å². The van der Waals surface area contributed by atoms with E-state index >= 15 is 0 Å². The van der Waals surface area contributed by atoms with Crippen LogP contribution in [0.3, 0.4) is 0 Å². The summed E-state index contributed by atoms with van der Waals surface area (Å²) in [5.41, 5.74) is 2.94. The maximum Gasteiger partial charge on any atom is 0.331 e. The first kappa shape index (κ1) is 16.0. The van der Waals surface area contributed by atoms with Crippen LogP contribution in [0, 0.1) is 0 Å². The van der Waals surface area contributed by atoms with Gasteiger partial charge in [0, 0.05) is 6.08 Å². The third-order valence-electron chi connectivity index (χ3n) is 4.12. The van der Waals surface area contributed by atoms with E-state index in [-0.39, 0.29) is 12.1 Å². The van der Waals surface area contributed by atoms with Crippen LogP contribution >= 0.6 is 0 Å². The van der Waals surface area contributed by atoms with Crippen molar-refractivity contribution in [3.63, 3.8) is 0 Å². The van der Waals surface area contributed by atoms with E-state index in [9.17, 15) is 4.79 Å². The Balaban J connectivity index is 1.79. The quantitative estimate of drug-likeness (QED) is 0.466. The average molecular weight is 316 g/mol. The number of ether oxygens (including phenoxy) is 1. The second-order valence-corrected chi connectivity index (χ2v) is 5.84. The summed E-state index contributed by atoms with van der Waals surface area (Å²) in [5, 5.41) is 2.26. The smallest absolute Gasteiger partial charge is 0.331 e. The van der Waals surface area contributed by atoms with Crippen LogP contribution in [0.1, 0.15) is 31.1 Å². The van der Waals surface area contributed by atoms with Crippen molar-refractivity contribution in [1.82, 2.24) is 0 Å². The fourth-order valence-electron chi connectivity index (χ4n) is 2.84. The van der Waals surface area contributed by atoms with Gasteiger partial charge in [0.1, 0.15) is 6.10 Å². The van der Waals surface area contributed by atoms with Crippen molar-refractivity contribution in [3.8, 4) is 0 Å². The zero-order valence-corrected chi connectivity index (χ0v) is 13.9. The Morgan fingerprint density at radius 2 is 1.58 bits per heavy atom. The molecule has 0 radical (unpaired) electrons. The summed E-state index contributed by atoms with van der Waals surface area (Å²) in [6, 6.07) is 24.0. The van der Waals surface area contributed by atoms with Crippen molar-refractivity contribution < 1.29 is 9.53 Å². The second kappa shape index (κ2) is 7.14. The molecule has 0 N–H and O–H groups in total. The number of hydrogen-bond donors (Lipinski definition) is 0. The predicted octanol–water partition coefficient (Wildman–Crippen LogP) is 5.55. The van der Waals surface area contributed by atoms with Gasteiger partial charge in [-0.2, -0.15) is 0 Å². The highest BCUT2D eigenvalue weighted by atomic mass is 16.5. The summed E-state index contributed by atoms with van der Waals surface area (Å²) in [5.74, 6) is -0.322.